The van der Waals surface area contributed by atoms with Crippen LogP contribution in [-0.2, 0) is 14.6 Å². The minimum Gasteiger partial charge on any atom is -0.344 e. The lowest BCUT2D eigenvalue weighted by atomic mass is 10.2. The van der Waals surface area contributed by atoms with Gasteiger partial charge in [0.05, 0.1) is 17.4 Å². The quantitative estimate of drug-likeness (QED) is 0.810. The molecule has 0 aromatic heterocycles. The van der Waals surface area contributed by atoms with Crippen LogP contribution in [0.1, 0.15) is 12.0 Å². The number of benzene rings is 1. The lowest BCUT2D eigenvalue weighted by Gasteiger charge is -2.15. The molecule has 0 fully saturated rings. The van der Waals surface area contributed by atoms with Crippen molar-refractivity contribution in [3.8, 4) is 6.07 Å². The Morgan fingerprint density at radius 1 is 1.37 bits per heavy atom. The maximum atomic E-state index is 12.1. The van der Waals surface area contributed by atoms with Gasteiger partial charge in [-0.15, -0.1) is 0 Å². The van der Waals surface area contributed by atoms with Gasteiger partial charge in [0.25, 0.3) is 0 Å². The van der Waals surface area contributed by atoms with E-state index in [4.69, 9.17) is 5.26 Å². The van der Waals surface area contributed by atoms with Crippen LogP contribution >= 0.6 is 0 Å². The maximum Gasteiger partial charge on any atom is 0.237 e. The Labute approximate surface area is 113 Å². The lowest BCUT2D eigenvalue weighted by Crippen LogP contribution is -2.33. The summed E-state index contributed by atoms with van der Waals surface area (Å²) < 4.78 is 24.3. The highest BCUT2D eigenvalue weighted by Crippen LogP contribution is 2.16. The van der Waals surface area contributed by atoms with E-state index in [9.17, 15) is 13.2 Å². The van der Waals surface area contributed by atoms with Crippen molar-refractivity contribution in [2.75, 3.05) is 19.3 Å². The van der Waals surface area contributed by atoms with Gasteiger partial charge in [-0.3, -0.25) is 4.79 Å². The number of amides is 1. The molecule has 19 heavy (non-hydrogen) atoms. The highest BCUT2D eigenvalue weighted by molar-refractivity contribution is 7.92. The highest BCUT2D eigenvalue weighted by Gasteiger charge is 2.22. The largest absolute Gasteiger partial charge is 0.344 e. The Morgan fingerprint density at radius 3 is 2.58 bits per heavy atom. The minimum atomic E-state index is -3.63. The van der Waals surface area contributed by atoms with E-state index in [0.717, 1.165) is 0 Å². The van der Waals surface area contributed by atoms with Gasteiger partial charge >= 0.3 is 0 Å². The second kappa shape index (κ2) is 6.34. The number of sulfone groups is 1. The fraction of sp³-hybridized carbons (Fsp3) is 0.385. The van der Waals surface area contributed by atoms with Crippen molar-refractivity contribution >= 4 is 15.7 Å². The van der Waals surface area contributed by atoms with Crippen LogP contribution < -0.4 is 0 Å². The molecule has 0 atom stereocenters. The van der Waals surface area contributed by atoms with Crippen LogP contribution in [0.25, 0.3) is 0 Å². The molecule has 0 aliphatic rings. The number of nitriles is 1. The third-order valence-electron chi connectivity index (χ3n) is 2.73. The standard InChI is InChI=1S/C13H16N2O3S/c1-11-6-3-4-7-12(11)19(17,18)10-13(16)15(2)9-5-8-14/h3-4,6-7H,5,9-10H2,1-2H3. The second-order valence-electron chi connectivity index (χ2n) is 4.25. The molecule has 0 radical (unpaired) electrons. The van der Waals surface area contributed by atoms with Crippen molar-refractivity contribution in [3.63, 3.8) is 0 Å². The number of carbonyl (C=O) groups excluding carboxylic acids is 1. The zero-order valence-corrected chi connectivity index (χ0v) is 11.8. The third-order valence-corrected chi connectivity index (χ3v) is 4.48. The number of aryl methyl sites for hydroxylation is 1. The third kappa shape index (κ3) is 4.07. The Hall–Kier alpha value is -1.87. The van der Waals surface area contributed by atoms with Crippen LogP contribution in [-0.4, -0.2) is 38.6 Å². The first-order valence-electron chi connectivity index (χ1n) is 5.78. The second-order valence-corrected chi connectivity index (χ2v) is 6.21. The van der Waals surface area contributed by atoms with E-state index in [2.05, 4.69) is 0 Å². The summed E-state index contributed by atoms with van der Waals surface area (Å²) in [5.74, 6) is -1.07. The van der Waals surface area contributed by atoms with Crippen LogP contribution in [0, 0.1) is 18.3 Å². The van der Waals surface area contributed by atoms with Gasteiger partial charge in [-0.1, -0.05) is 18.2 Å². The number of carbonyl (C=O) groups is 1. The summed E-state index contributed by atoms with van der Waals surface area (Å²) in [6.45, 7) is 1.93. The first-order chi connectivity index (χ1) is 8.88. The van der Waals surface area contributed by atoms with E-state index >= 15 is 0 Å². The van der Waals surface area contributed by atoms with E-state index in [-0.39, 0.29) is 17.9 Å². The van der Waals surface area contributed by atoms with Gasteiger partial charge in [-0.05, 0) is 18.6 Å². The van der Waals surface area contributed by atoms with Crippen LogP contribution in [0.4, 0.5) is 0 Å². The van der Waals surface area contributed by atoms with Crippen molar-refractivity contribution in [3.05, 3.63) is 29.8 Å². The number of hydrogen-bond acceptors (Lipinski definition) is 4. The monoisotopic (exact) mass is 280 g/mol. The molecule has 0 N–H and O–H groups in total. The molecular formula is C13H16N2O3S. The Morgan fingerprint density at radius 2 is 2.00 bits per heavy atom. The molecule has 1 rings (SSSR count). The Balaban J connectivity index is 2.84. The first kappa shape index (κ1) is 15.2. The highest BCUT2D eigenvalue weighted by atomic mass is 32.2. The molecule has 0 unspecified atom stereocenters. The summed E-state index contributed by atoms with van der Waals surface area (Å²) in [4.78, 5) is 13.2. The fourth-order valence-corrected chi connectivity index (χ4v) is 3.14. The van der Waals surface area contributed by atoms with E-state index in [0.29, 0.717) is 5.56 Å². The molecule has 0 heterocycles. The summed E-state index contributed by atoms with van der Waals surface area (Å²) in [6, 6.07) is 8.47. The molecule has 1 amide bonds. The molecule has 0 spiro atoms. The fourth-order valence-electron chi connectivity index (χ4n) is 1.60. The molecule has 1 aromatic carbocycles. The number of rotatable bonds is 5. The van der Waals surface area contributed by atoms with E-state index in [1.807, 2.05) is 6.07 Å². The summed E-state index contributed by atoms with van der Waals surface area (Å²) in [5.41, 5.74) is 0.620. The van der Waals surface area contributed by atoms with E-state index in [1.165, 1.54) is 18.0 Å². The zero-order chi connectivity index (χ0) is 14.5. The van der Waals surface area contributed by atoms with Gasteiger partial charge in [-0.2, -0.15) is 5.26 Å². The predicted molar refractivity (Wildman–Crippen MR) is 71.1 cm³/mol. The molecule has 0 saturated heterocycles. The molecular weight excluding hydrogens is 264 g/mol. The normalized spacial score (nSPS) is 10.8. The van der Waals surface area contributed by atoms with Crippen molar-refractivity contribution in [1.29, 1.82) is 5.26 Å². The SMILES string of the molecule is Cc1ccccc1S(=O)(=O)CC(=O)N(C)CCC#N. The van der Waals surface area contributed by atoms with Crippen molar-refractivity contribution in [2.45, 2.75) is 18.2 Å². The average Bonchev–Trinajstić information content (AvgIpc) is 2.35. The van der Waals surface area contributed by atoms with Crippen LogP contribution in [0.3, 0.4) is 0 Å². The topological polar surface area (TPSA) is 78.2 Å². The van der Waals surface area contributed by atoms with Gasteiger partial charge in [0.2, 0.25) is 5.91 Å². The summed E-state index contributed by atoms with van der Waals surface area (Å²) in [6.07, 6.45) is 0.187. The first-order valence-corrected chi connectivity index (χ1v) is 7.43. The van der Waals surface area contributed by atoms with Gasteiger partial charge in [0.15, 0.2) is 9.84 Å². The van der Waals surface area contributed by atoms with Crippen LogP contribution in [0.2, 0.25) is 0 Å². The van der Waals surface area contributed by atoms with Gasteiger partial charge in [-0.25, -0.2) is 8.42 Å². The number of nitrogens with zero attached hydrogens (tertiary/aromatic N) is 2. The van der Waals surface area contributed by atoms with Crippen molar-refractivity contribution in [1.82, 2.24) is 4.90 Å². The molecule has 1 aromatic rings. The van der Waals surface area contributed by atoms with Crippen molar-refractivity contribution < 1.29 is 13.2 Å². The summed E-state index contributed by atoms with van der Waals surface area (Å²) in [7, 11) is -2.14. The average molecular weight is 280 g/mol. The molecule has 102 valence electrons. The van der Waals surface area contributed by atoms with Gasteiger partial charge < -0.3 is 4.90 Å². The van der Waals surface area contributed by atoms with E-state index < -0.39 is 21.5 Å². The summed E-state index contributed by atoms with van der Waals surface area (Å²) in [5, 5.41) is 8.44. The smallest absolute Gasteiger partial charge is 0.237 e. The summed E-state index contributed by atoms with van der Waals surface area (Å²) >= 11 is 0. The maximum absolute atomic E-state index is 12.1. The number of hydrogen-bond donors (Lipinski definition) is 0. The molecule has 6 heteroatoms. The molecule has 0 aliphatic heterocycles. The molecule has 0 aliphatic carbocycles. The Kier molecular flexibility index (Phi) is 5.07. The molecule has 0 bridgehead atoms. The zero-order valence-electron chi connectivity index (χ0n) is 11.0. The van der Waals surface area contributed by atoms with Gasteiger partial charge in [0, 0.05) is 13.6 Å². The Bertz CT molecular complexity index is 603. The van der Waals surface area contributed by atoms with Crippen LogP contribution in [0.15, 0.2) is 29.2 Å². The van der Waals surface area contributed by atoms with E-state index in [1.54, 1.807) is 25.1 Å². The molecule has 5 nitrogen and oxygen atoms in total. The lowest BCUT2D eigenvalue weighted by molar-refractivity contribution is -0.127. The van der Waals surface area contributed by atoms with Crippen molar-refractivity contribution in [2.24, 2.45) is 0 Å². The minimum absolute atomic E-state index is 0.178. The predicted octanol–water partition coefficient (Wildman–Crippen LogP) is 1.14. The van der Waals surface area contributed by atoms with Gasteiger partial charge in [0.1, 0.15) is 5.75 Å². The van der Waals surface area contributed by atoms with Crippen LogP contribution in [0.5, 0.6) is 0 Å². The molecule has 0 saturated carbocycles.